The van der Waals surface area contributed by atoms with Crippen molar-refractivity contribution in [2.75, 3.05) is 5.32 Å². The van der Waals surface area contributed by atoms with Crippen LogP contribution in [0, 0.1) is 5.92 Å². The zero-order valence-electron chi connectivity index (χ0n) is 11.2. The predicted octanol–water partition coefficient (Wildman–Crippen LogP) is 2.40. The van der Waals surface area contributed by atoms with Crippen molar-refractivity contribution in [2.24, 2.45) is 11.7 Å². The van der Waals surface area contributed by atoms with Crippen LogP contribution in [0.25, 0.3) is 10.9 Å². The standard InChI is InChI=1S/C13H16N4O.2ClH/c1-8(9(2)14)13(18)17-12-4-6-16-11-3-5-15-7-10(11)12;;/h3-9H,14H2,1-2H3,(H,16,17,18);2*1H. The van der Waals surface area contributed by atoms with Crippen LogP contribution in [0.4, 0.5) is 5.69 Å². The Balaban J connectivity index is 0.00000180. The molecular formula is C13H18Cl2N4O. The highest BCUT2D eigenvalue weighted by atomic mass is 35.5. The molecule has 1 amide bonds. The van der Waals surface area contributed by atoms with E-state index in [0.29, 0.717) is 5.69 Å². The number of pyridine rings is 2. The van der Waals surface area contributed by atoms with Gasteiger partial charge in [0.15, 0.2) is 0 Å². The molecule has 0 saturated heterocycles. The van der Waals surface area contributed by atoms with Gasteiger partial charge in [-0.3, -0.25) is 14.8 Å². The molecule has 0 aliphatic carbocycles. The molecule has 2 aromatic heterocycles. The molecule has 0 aliphatic rings. The highest BCUT2D eigenvalue weighted by Crippen LogP contribution is 2.20. The zero-order chi connectivity index (χ0) is 13.1. The number of nitrogens with two attached hydrogens (primary N) is 1. The fourth-order valence-electron chi connectivity index (χ4n) is 1.58. The topological polar surface area (TPSA) is 80.9 Å². The van der Waals surface area contributed by atoms with E-state index in [-0.39, 0.29) is 42.7 Å². The molecule has 7 heteroatoms. The molecule has 2 atom stereocenters. The lowest BCUT2D eigenvalue weighted by Gasteiger charge is -2.16. The van der Waals surface area contributed by atoms with Gasteiger partial charge in [0, 0.05) is 30.0 Å². The Morgan fingerprint density at radius 3 is 2.60 bits per heavy atom. The second kappa shape index (κ2) is 7.99. The summed E-state index contributed by atoms with van der Waals surface area (Å²) >= 11 is 0. The number of hydrogen-bond acceptors (Lipinski definition) is 4. The number of anilines is 1. The lowest BCUT2D eigenvalue weighted by Crippen LogP contribution is -2.34. The van der Waals surface area contributed by atoms with Crippen LogP contribution in [0.3, 0.4) is 0 Å². The fraction of sp³-hybridized carbons (Fsp3) is 0.308. The molecule has 0 bridgehead atoms. The predicted molar refractivity (Wildman–Crippen MR) is 85.5 cm³/mol. The first-order chi connectivity index (χ1) is 8.59. The van der Waals surface area contributed by atoms with Gasteiger partial charge in [-0.1, -0.05) is 6.92 Å². The first-order valence-corrected chi connectivity index (χ1v) is 5.85. The largest absolute Gasteiger partial charge is 0.327 e. The van der Waals surface area contributed by atoms with Gasteiger partial charge in [0.2, 0.25) is 5.91 Å². The summed E-state index contributed by atoms with van der Waals surface area (Å²) in [4.78, 5) is 20.2. The summed E-state index contributed by atoms with van der Waals surface area (Å²) in [6.07, 6.45) is 5.02. The van der Waals surface area contributed by atoms with Gasteiger partial charge in [-0.2, -0.15) is 0 Å². The summed E-state index contributed by atoms with van der Waals surface area (Å²) in [7, 11) is 0. The van der Waals surface area contributed by atoms with Crippen LogP contribution in [-0.2, 0) is 4.79 Å². The number of fused-ring (bicyclic) bond motifs is 1. The van der Waals surface area contributed by atoms with Gasteiger partial charge in [0.25, 0.3) is 0 Å². The maximum atomic E-state index is 12.0. The first-order valence-electron chi connectivity index (χ1n) is 5.85. The molecule has 0 fully saturated rings. The van der Waals surface area contributed by atoms with Crippen molar-refractivity contribution < 1.29 is 4.79 Å². The Labute approximate surface area is 130 Å². The van der Waals surface area contributed by atoms with Crippen LogP contribution in [-0.4, -0.2) is 21.9 Å². The van der Waals surface area contributed by atoms with Crippen LogP contribution < -0.4 is 11.1 Å². The van der Waals surface area contributed by atoms with E-state index in [1.165, 1.54) is 0 Å². The van der Waals surface area contributed by atoms with Gasteiger partial charge >= 0.3 is 0 Å². The fourth-order valence-corrected chi connectivity index (χ4v) is 1.58. The molecule has 2 heterocycles. The molecular weight excluding hydrogens is 299 g/mol. The first kappa shape index (κ1) is 18.6. The summed E-state index contributed by atoms with van der Waals surface area (Å²) in [6.45, 7) is 3.62. The number of aromatic nitrogens is 2. The average Bonchev–Trinajstić information content (AvgIpc) is 2.38. The van der Waals surface area contributed by atoms with Crippen molar-refractivity contribution >= 4 is 47.3 Å². The Bertz CT molecular complexity index is 572. The molecule has 0 radical (unpaired) electrons. The van der Waals surface area contributed by atoms with Crippen LogP contribution in [0.1, 0.15) is 13.8 Å². The summed E-state index contributed by atoms with van der Waals surface area (Å²) in [5.41, 5.74) is 7.23. The van der Waals surface area contributed by atoms with E-state index in [1.54, 1.807) is 30.7 Å². The van der Waals surface area contributed by atoms with Crippen molar-refractivity contribution in [3.8, 4) is 0 Å². The van der Waals surface area contributed by atoms with Gasteiger partial charge in [0.1, 0.15) is 0 Å². The molecule has 3 N–H and O–H groups in total. The van der Waals surface area contributed by atoms with Gasteiger partial charge < -0.3 is 11.1 Å². The average molecular weight is 317 g/mol. The molecule has 110 valence electrons. The summed E-state index contributed by atoms with van der Waals surface area (Å²) in [5, 5.41) is 3.69. The van der Waals surface area contributed by atoms with Crippen molar-refractivity contribution in [1.29, 1.82) is 0 Å². The van der Waals surface area contributed by atoms with Crippen molar-refractivity contribution in [2.45, 2.75) is 19.9 Å². The second-order valence-electron chi connectivity index (χ2n) is 4.39. The molecule has 2 unspecified atom stereocenters. The highest BCUT2D eigenvalue weighted by Gasteiger charge is 2.17. The molecule has 2 rings (SSSR count). The van der Waals surface area contributed by atoms with Crippen molar-refractivity contribution in [1.82, 2.24) is 9.97 Å². The molecule has 2 aromatic rings. The molecule has 0 spiro atoms. The van der Waals surface area contributed by atoms with Crippen molar-refractivity contribution in [3.63, 3.8) is 0 Å². The van der Waals surface area contributed by atoms with Crippen LogP contribution in [0.15, 0.2) is 30.7 Å². The number of carbonyl (C=O) groups is 1. The third-order valence-electron chi connectivity index (χ3n) is 3.00. The Morgan fingerprint density at radius 2 is 1.95 bits per heavy atom. The van der Waals surface area contributed by atoms with Crippen molar-refractivity contribution in [3.05, 3.63) is 30.7 Å². The number of amides is 1. The third kappa shape index (κ3) is 4.03. The minimum absolute atomic E-state index is 0. The normalized spacial score (nSPS) is 12.8. The summed E-state index contributed by atoms with van der Waals surface area (Å²) < 4.78 is 0. The van der Waals surface area contributed by atoms with E-state index in [2.05, 4.69) is 15.3 Å². The van der Waals surface area contributed by atoms with E-state index in [9.17, 15) is 4.79 Å². The van der Waals surface area contributed by atoms with E-state index in [1.807, 2.05) is 13.8 Å². The van der Waals surface area contributed by atoms with Crippen LogP contribution in [0.5, 0.6) is 0 Å². The lowest BCUT2D eigenvalue weighted by molar-refractivity contribution is -0.119. The molecule has 0 aromatic carbocycles. The van der Waals surface area contributed by atoms with Crippen LogP contribution >= 0.6 is 24.8 Å². The monoisotopic (exact) mass is 316 g/mol. The van der Waals surface area contributed by atoms with Gasteiger partial charge in [0.05, 0.1) is 17.1 Å². The van der Waals surface area contributed by atoms with E-state index >= 15 is 0 Å². The summed E-state index contributed by atoms with van der Waals surface area (Å²) in [5.74, 6) is -0.341. The Morgan fingerprint density at radius 1 is 1.25 bits per heavy atom. The second-order valence-corrected chi connectivity index (χ2v) is 4.39. The quantitative estimate of drug-likeness (QED) is 0.911. The molecule has 5 nitrogen and oxygen atoms in total. The van der Waals surface area contributed by atoms with Gasteiger partial charge in [-0.15, -0.1) is 24.8 Å². The van der Waals surface area contributed by atoms with E-state index in [4.69, 9.17) is 5.73 Å². The Hall–Kier alpha value is -1.43. The van der Waals surface area contributed by atoms with Gasteiger partial charge in [-0.05, 0) is 19.1 Å². The Kier molecular flexibility index (Phi) is 7.42. The third-order valence-corrected chi connectivity index (χ3v) is 3.00. The number of carbonyl (C=O) groups excluding carboxylic acids is 1. The number of nitrogens with zero attached hydrogens (tertiary/aromatic N) is 2. The maximum Gasteiger partial charge on any atom is 0.228 e. The van der Waals surface area contributed by atoms with Crippen LogP contribution in [0.2, 0.25) is 0 Å². The minimum Gasteiger partial charge on any atom is -0.327 e. The number of rotatable bonds is 3. The zero-order valence-corrected chi connectivity index (χ0v) is 12.9. The number of halogens is 2. The SMILES string of the molecule is CC(N)C(C)C(=O)Nc1ccnc2ccncc12.Cl.Cl. The van der Waals surface area contributed by atoms with E-state index in [0.717, 1.165) is 10.9 Å². The van der Waals surface area contributed by atoms with Gasteiger partial charge in [-0.25, -0.2) is 0 Å². The summed E-state index contributed by atoms with van der Waals surface area (Å²) in [6, 6.07) is 3.38. The molecule has 20 heavy (non-hydrogen) atoms. The van der Waals surface area contributed by atoms with E-state index < -0.39 is 0 Å². The maximum absolute atomic E-state index is 12.0. The molecule has 0 saturated carbocycles. The smallest absolute Gasteiger partial charge is 0.228 e. The highest BCUT2D eigenvalue weighted by molar-refractivity contribution is 6.01. The number of nitrogens with one attached hydrogen (secondary N) is 1. The molecule has 0 aliphatic heterocycles. The number of hydrogen-bond donors (Lipinski definition) is 2. The lowest BCUT2D eigenvalue weighted by atomic mass is 10.0. The minimum atomic E-state index is -0.245.